The third-order valence-corrected chi connectivity index (χ3v) is 5.35. The second-order valence-electron chi connectivity index (χ2n) is 6.10. The number of carbonyl (C=O) groups excluding carboxylic acids is 1. The minimum absolute atomic E-state index is 0.198. The molecule has 4 aromatic rings. The number of amides is 1. The van der Waals surface area contributed by atoms with Crippen molar-refractivity contribution in [2.45, 2.75) is 6.54 Å². The summed E-state index contributed by atoms with van der Waals surface area (Å²) in [7, 11) is 0. The molecule has 0 atom stereocenters. The largest absolute Gasteiger partial charge is 0.280 e. The lowest BCUT2D eigenvalue weighted by atomic mass is 10.2. The second kappa shape index (κ2) is 8.46. The van der Waals surface area contributed by atoms with Crippen LogP contribution in [0.2, 0.25) is 5.02 Å². The van der Waals surface area contributed by atoms with E-state index in [1.54, 1.807) is 18.2 Å². The van der Waals surface area contributed by atoms with Crippen LogP contribution in [0.25, 0.3) is 11.3 Å². The van der Waals surface area contributed by atoms with Gasteiger partial charge in [0.15, 0.2) is 5.13 Å². The van der Waals surface area contributed by atoms with Gasteiger partial charge in [0, 0.05) is 28.4 Å². The highest BCUT2D eigenvalue weighted by molar-refractivity contribution is 7.14. The molecule has 0 radical (unpaired) electrons. The van der Waals surface area contributed by atoms with Crippen LogP contribution in [0.5, 0.6) is 0 Å². The topological polar surface area (TPSA) is 59.0 Å². The zero-order chi connectivity index (χ0) is 20.2. The number of thiazole rings is 1. The Morgan fingerprint density at radius 1 is 1.10 bits per heavy atom. The molecular weight excluding hydrogens is 411 g/mol. The molecule has 0 saturated carbocycles. The number of halogens is 2. The van der Waals surface area contributed by atoms with E-state index in [2.05, 4.69) is 15.0 Å². The Morgan fingerprint density at radius 3 is 2.62 bits per heavy atom. The molecule has 0 aliphatic rings. The summed E-state index contributed by atoms with van der Waals surface area (Å²) in [5.74, 6) is -0.682. The van der Waals surface area contributed by atoms with E-state index in [-0.39, 0.29) is 24.0 Å². The first-order valence-corrected chi connectivity index (χ1v) is 9.90. The Bertz CT molecular complexity index is 1130. The highest BCUT2D eigenvalue weighted by Crippen LogP contribution is 2.32. The minimum Gasteiger partial charge on any atom is -0.278 e. The van der Waals surface area contributed by atoms with Crippen LogP contribution in [0.4, 0.5) is 9.52 Å². The summed E-state index contributed by atoms with van der Waals surface area (Å²) in [6.45, 7) is 0.213. The predicted molar refractivity (Wildman–Crippen MR) is 112 cm³/mol. The van der Waals surface area contributed by atoms with Crippen LogP contribution < -0.4 is 4.90 Å². The van der Waals surface area contributed by atoms with E-state index < -0.39 is 0 Å². The summed E-state index contributed by atoms with van der Waals surface area (Å²) < 4.78 is 13.3. The van der Waals surface area contributed by atoms with Crippen molar-refractivity contribution in [3.63, 3.8) is 0 Å². The van der Waals surface area contributed by atoms with Crippen LogP contribution in [0, 0.1) is 5.82 Å². The van der Waals surface area contributed by atoms with Crippen molar-refractivity contribution >= 4 is 34.0 Å². The number of benzene rings is 2. The van der Waals surface area contributed by atoms with Crippen LogP contribution >= 0.6 is 22.9 Å². The molecule has 0 saturated heterocycles. The van der Waals surface area contributed by atoms with Crippen LogP contribution in [-0.4, -0.2) is 20.9 Å². The number of carbonyl (C=O) groups is 1. The highest BCUT2D eigenvalue weighted by atomic mass is 35.5. The first-order valence-electron chi connectivity index (χ1n) is 8.64. The minimum atomic E-state index is -0.345. The predicted octanol–water partition coefficient (Wildman–Crippen LogP) is 5.24. The average molecular weight is 425 g/mol. The fourth-order valence-corrected chi connectivity index (χ4v) is 3.78. The molecule has 4 rings (SSSR count). The van der Waals surface area contributed by atoms with E-state index in [0.29, 0.717) is 15.8 Å². The third kappa shape index (κ3) is 4.31. The Hall–Kier alpha value is -3.16. The van der Waals surface area contributed by atoms with Gasteiger partial charge in [0.2, 0.25) is 0 Å². The molecule has 0 aliphatic carbocycles. The molecule has 2 aromatic carbocycles. The fraction of sp³-hybridized carbons (Fsp3) is 0.0476. The lowest BCUT2D eigenvalue weighted by Crippen LogP contribution is -2.31. The number of anilines is 1. The standard InChI is InChI=1S/C21H14ClFN4OS/c22-17-4-2-1-3-16(17)19-13-29-21(26-19)27(12-14-5-7-15(23)8-6-14)20(28)18-11-24-9-10-25-18/h1-11,13H,12H2. The van der Waals surface area contributed by atoms with E-state index >= 15 is 0 Å². The molecule has 2 aromatic heterocycles. The van der Waals surface area contributed by atoms with E-state index in [1.165, 1.54) is 47.0 Å². The summed E-state index contributed by atoms with van der Waals surface area (Å²) in [4.78, 5) is 27.3. The molecule has 2 heterocycles. The molecule has 29 heavy (non-hydrogen) atoms. The number of rotatable bonds is 5. The lowest BCUT2D eigenvalue weighted by molar-refractivity contribution is 0.0980. The maximum atomic E-state index is 13.3. The van der Waals surface area contributed by atoms with Gasteiger partial charge in [0.1, 0.15) is 11.5 Å². The Morgan fingerprint density at radius 2 is 1.90 bits per heavy atom. The number of hydrogen-bond acceptors (Lipinski definition) is 5. The molecular formula is C21H14ClFN4OS. The average Bonchev–Trinajstić information content (AvgIpc) is 3.23. The quantitative estimate of drug-likeness (QED) is 0.439. The van der Waals surface area contributed by atoms with Gasteiger partial charge in [-0.2, -0.15) is 0 Å². The van der Waals surface area contributed by atoms with Crippen molar-refractivity contribution in [2.75, 3.05) is 4.90 Å². The maximum Gasteiger partial charge on any atom is 0.280 e. The number of hydrogen-bond donors (Lipinski definition) is 0. The fourth-order valence-electron chi connectivity index (χ4n) is 2.73. The van der Waals surface area contributed by atoms with Crippen molar-refractivity contribution in [2.24, 2.45) is 0 Å². The van der Waals surface area contributed by atoms with Gasteiger partial charge in [-0.15, -0.1) is 11.3 Å². The van der Waals surface area contributed by atoms with Gasteiger partial charge in [-0.3, -0.25) is 14.7 Å². The Labute approximate surface area is 175 Å². The third-order valence-electron chi connectivity index (χ3n) is 4.15. The van der Waals surface area contributed by atoms with Crippen molar-refractivity contribution in [1.82, 2.24) is 15.0 Å². The number of nitrogens with zero attached hydrogens (tertiary/aromatic N) is 4. The number of aromatic nitrogens is 3. The zero-order valence-electron chi connectivity index (χ0n) is 15.0. The summed E-state index contributed by atoms with van der Waals surface area (Å²) in [6.07, 6.45) is 4.36. The van der Waals surface area contributed by atoms with Crippen LogP contribution in [0.15, 0.2) is 72.5 Å². The summed E-state index contributed by atoms with van der Waals surface area (Å²) in [5.41, 5.74) is 2.42. The van der Waals surface area contributed by atoms with Gasteiger partial charge >= 0.3 is 0 Å². The van der Waals surface area contributed by atoms with Crippen molar-refractivity contribution in [3.8, 4) is 11.3 Å². The summed E-state index contributed by atoms with van der Waals surface area (Å²) >= 11 is 7.60. The van der Waals surface area contributed by atoms with Gasteiger partial charge in [-0.25, -0.2) is 14.4 Å². The first kappa shape index (κ1) is 19.2. The molecule has 0 N–H and O–H groups in total. The Balaban J connectivity index is 1.71. The van der Waals surface area contributed by atoms with Crippen LogP contribution in [-0.2, 0) is 6.54 Å². The zero-order valence-corrected chi connectivity index (χ0v) is 16.6. The molecule has 144 valence electrons. The van der Waals surface area contributed by atoms with Gasteiger partial charge in [0.25, 0.3) is 5.91 Å². The van der Waals surface area contributed by atoms with Crippen molar-refractivity contribution in [3.05, 3.63) is 94.6 Å². The monoisotopic (exact) mass is 424 g/mol. The van der Waals surface area contributed by atoms with E-state index in [0.717, 1.165) is 11.1 Å². The lowest BCUT2D eigenvalue weighted by Gasteiger charge is -2.19. The van der Waals surface area contributed by atoms with Gasteiger partial charge in [0.05, 0.1) is 18.4 Å². The van der Waals surface area contributed by atoms with Crippen molar-refractivity contribution < 1.29 is 9.18 Å². The molecule has 1 amide bonds. The molecule has 0 spiro atoms. The molecule has 0 bridgehead atoms. The van der Waals surface area contributed by atoms with Crippen LogP contribution in [0.1, 0.15) is 16.1 Å². The molecule has 5 nitrogen and oxygen atoms in total. The first-order chi connectivity index (χ1) is 14.1. The van der Waals surface area contributed by atoms with Gasteiger partial charge < -0.3 is 0 Å². The van der Waals surface area contributed by atoms with Gasteiger partial charge in [-0.1, -0.05) is 41.9 Å². The molecule has 8 heteroatoms. The smallest absolute Gasteiger partial charge is 0.278 e. The SMILES string of the molecule is O=C(c1cnccn1)N(Cc1ccc(F)cc1)c1nc(-c2ccccc2Cl)cs1. The molecule has 0 aliphatic heterocycles. The molecule has 0 unspecified atom stereocenters. The van der Waals surface area contributed by atoms with Crippen molar-refractivity contribution in [1.29, 1.82) is 0 Å². The summed E-state index contributed by atoms with van der Waals surface area (Å²) in [5, 5.41) is 2.91. The highest BCUT2D eigenvalue weighted by Gasteiger charge is 2.23. The molecule has 0 fully saturated rings. The summed E-state index contributed by atoms with van der Waals surface area (Å²) in [6, 6.07) is 13.4. The van der Waals surface area contributed by atoms with Crippen LogP contribution in [0.3, 0.4) is 0 Å². The van der Waals surface area contributed by atoms with Gasteiger partial charge in [-0.05, 0) is 23.8 Å². The maximum absolute atomic E-state index is 13.3. The second-order valence-corrected chi connectivity index (χ2v) is 7.35. The van der Waals surface area contributed by atoms with E-state index in [9.17, 15) is 9.18 Å². The van der Waals surface area contributed by atoms with E-state index in [4.69, 9.17) is 11.6 Å². The normalized spacial score (nSPS) is 10.7. The van der Waals surface area contributed by atoms with E-state index in [1.807, 2.05) is 23.6 Å². The Kier molecular flexibility index (Phi) is 5.59.